The zero-order chi connectivity index (χ0) is 12.0. The van der Waals surface area contributed by atoms with Crippen LogP contribution in [0.15, 0.2) is 22.9 Å². The van der Waals surface area contributed by atoms with E-state index in [1.165, 1.54) is 0 Å². The molecule has 2 bridgehead atoms. The number of rotatable bonds is 2. The van der Waals surface area contributed by atoms with Gasteiger partial charge in [-0.05, 0) is 28.4 Å². The third-order valence-corrected chi connectivity index (χ3v) is 4.02. The molecule has 0 saturated carbocycles. The molecule has 0 aliphatic carbocycles. The van der Waals surface area contributed by atoms with E-state index < -0.39 is 11.5 Å². The highest BCUT2D eigenvalue weighted by Gasteiger charge is 2.56. The van der Waals surface area contributed by atoms with Crippen molar-refractivity contribution in [2.45, 2.75) is 18.0 Å². The third kappa shape index (κ3) is 1.55. The SMILES string of the molecule is O=C(O)[C@]12CNC(CN1c1cncc(Br)c1)C2. The Bertz CT molecular complexity index is 482. The molecule has 0 aromatic carbocycles. The summed E-state index contributed by atoms with van der Waals surface area (Å²) in [5.74, 6) is -0.759. The van der Waals surface area contributed by atoms with E-state index >= 15 is 0 Å². The van der Waals surface area contributed by atoms with Gasteiger partial charge in [0.2, 0.25) is 0 Å². The molecule has 2 saturated heterocycles. The van der Waals surface area contributed by atoms with Crippen molar-refractivity contribution in [3.05, 3.63) is 22.9 Å². The van der Waals surface area contributed by atoms with Crippen molar-refractivity contribution in [3.63, 3.8) is 0 Å². The Morgan fingerprint density at radius 1 is 1.65 bits per heavy atom. The molecule has 2 aliphatic heterocycles. The highest BCUT2D eigenvalue weighted by molar-refractivity contribution is 9.10. The number of halogens is 1. The number of fused-ring (bicyclic) bond motifs is 2. The van der Waals surface area contributed by atoms with E-state index in [4.69, 9.17) is 0 Å². The smallest absolute Gasteiger partial charge is 0.330 e. The molecule has 5 nitrogen and oxygen atoms in total. The van der Waals surface area contributed by atoms with Crippen LogP contribution in [0.1, 0.15) is 6.42 Å². The number of nitrogens with one attached hydrogen (secondary N) is 1. The molecule has 2 atom stereocenters. The molecule has 2 fully saturated rings. The van der Waals surface area contributed by atoms with Gasteiger partial charge in [-0.2, -0.15) is 0 Å². The minimum absolute atomic E-state index is 0.269. The Hall–Kier alpha value is -1.14. The van der Waals surface area contributed by atoms with Crippen molar-refractivity contribution in [2.75, 3.05) is 18.0 Å². The number of aromatic nitrogens is 1. The molecule has 1 aromatic rings. The first-order valence-corrected chi connectivity index (χ1v) is 6.26. The normalized spacial score (nSPS) is 30.9. The molecule has 3 heterocycles. The number of hydrogen-bond donors (Lipinski definition) is 2. The first kappa shape index (κ1) is 11.0. The number of carboxylic acids is 1. The lowest BCUT2D eigenvalue weighted by Crippen LogP contribution is -2.57. The molecular weight excluding hydrogens is 286 g/mol. The molecule has 1 unspecified atom stereocenters. The molecule has 0 amide bonds. The number of anilines is 1. The average molecular weight is 298 g/mol. The van der Waals surface area contributed by atoms with Crippen LogP contribution in [0.3, 0.4) is 0 Å². The molecule has 2 N–H and O–H groups in total. The maximum atomic E-state index is 11.5. The maximum absolute atomic E-state index is 11.5. The van der Waals surface area contributed by atoms with Crippen LogP contribution in [0.4, 0.5) is 5.69 Å². The van der Waals surface area contributed by atoms with Crippen molar-refractivity contribution >= 4 is 27.6 Å². The lowest BCUT2D eigenvalue weighted by Gasteiger charge is -2.36. The summed E-state index contributed by atoms with van der Waals surface area (Å²) in [6.07, 6.45) is 4.08. The summed E-state index contributed by atoms with van der Waals surface area (Å²) in [7, 11) is 0. The van der Waals surface area contributed by atoms with Gasteiger partial charge in [0.25, 0.3) is 0 Å². The largest absolute Gasteiger partial charge is 0.479 e. The molecular formula is C11H12BrN3O2. The summed E-state index contributed by atoms with van der Waals surface area (Å²) >= 11 is 3.36. The zero-order valence-electron chi connectivity index (χ0n) is 9.06. The lowest BCUT2D eigenvalue weighted by atomic mass is 9.98. The van der Waals surface area contributed by atoms with Crippen LogP contribution < -0.4 is 10.2 Å². The summed E-state index contributed by atoms with van der Waals surface area (Å²) in [6.45, 7) is 1.23. The summed E-state index contributed by atoms with van der Waals surface area (Å²) in [4.78, 5) is 17.6. The average Bonchev–Trinajstić information content (AvgIpc) is 2.87. The molecule has 0 spiro atoms. The van der Waals surface area contributed by atoms with Gasteiger partial charge in [0, 0.05) is 29.8 Å². The number of carbonyl (C=O) groups is 1. The Morgan fingerprint density at radius 3 is 3.12 bits per heavy atom. The van der Waals surface area contributed by atoms with Gasteiger partial charge in [-0.1, -0.05) is 0 Å². The van der Waals surface area contributed by atoms with E-state index in [9.17, 15) is 9.90 Å². The van der Waals surface area contributed by atoms with Crippen molar-refractivity contribution < 1.29 is 9.90 Å². The van der Waals surface area contributed by atoms with Crippen LogP contribution >= 0.6 is 15.9 Å². The van der Waals surface area contributed by atoms with E-state index in [0.29, 0.717) is 13.0 Å². The molecule has 17 heavy (non-hydrogen) atoms. The fraction of sp³-hybridized carbons (Fsp3) is 0.455. The van der Waals surface area contributed by atoms with Gasteiger partial charge in [-0.3, -0.25) is 4.98 Å². The van der Waals surface area contributed by atoms with Crippen LogP contribution in [0, 0.1) is 0 Å². The van der Waals surface area contributed by atoms with Crippen LogP contribution in [0.25, 0.3) is 0 Å². The minimum Gasteiger partial charge on any atom is -0.479 e. The fourth-order valence-corrected chi connectivity index (χ4v) is 3.13. The van der Waals surface area contributed by atoms with Gasteiger partial charge in [-0.15, -0.1) is 0 Å². The minimum atomic E-state index is -0.798. The zero-order valence-corrected chi connectivity index (χ0v) is 10.6. The topological polar surface area (TPSA) is 65.5 Å². The predicted octanol–water partition coefficient (Wildman–Crippen LogP) is 0.849. The molecule has 90 valence electrons. The molecule has 3 rings (SSSR count). The van der Waals surface area contributed by atoms with E-state index in [1.807, 2.05) is 11.0 Å². The summed E-state index contributed by atoms with van der Waals surface area (Å²) in [6, 6.07) is 2.18. The van der Waals surface area contributed by atoms with Gasteiger partial charge >= 0.3 is 5.97 Å². The van der Waals surface area contributed by atoms with Crippen LogP contribution in [0.5, 0.6) is 0 Å². The van der Waals surface area contributed by atoms with Crippen molar-refractivity contribution in [3.8, 4) is 0 Å². The number of hydrogen-bond acceptors (Lipinski definition) is 4. The molecule has 0 radical (unpaired) electrons. The van der Waals surface area contributed by atoms with Crippen LogP contribution in [-0.4, -0.2) is 40.7 Å². The quantitative estimate of drug-likeness (QED) is 0.847. The first-order chi connectivity index (χ1) is 8.12. The molecule has 6 heteroatoms. The Kier molecular flexibility index (Phi) is 2.38. The van der Waals surface area contributed by atoms with Gasteiger partial charge in [-0.25, -0.2) is 4.79 Å². The van der Waals surface area contributed by atoms with Gasteiger partial charge < -0.3 is 15.3 Å². The number of pyridine rings is 1. The van der Waals surface area contributed by atoms with Crippen molar-refractivity contribution in [1.82, 2.24) is 10.3 Å². The van der Waals surface area contributed by atoms with E-state index in [-0.39, 0.29) is 6.04 Å². The maximum Gasteiger partial charge on any atom is 0.330 e. The highest BCUT2D eigenvalue weighted by Crippen LogP contribution is 2.38. The van der Waals surface area contributed by atoms with Crippen LogP contribution in [-0.2, 0) is 4.79 Å². The molecule has 2 aliphatic rings. The third-order valence-electron chi connectivity index (χ3n) is 3.59. The highest BCUT2D eigenvalue weighted by atomic mass is 79.9. The van der Waals surface area contributed by atoms with E-state index in [1.54, 1.807) is 12.4 Å². The first-order valence-electron chi connectivity index (χ1n) is 5.47. The van der Waals surface area contributed by atoms with Crippen LogP contribution in [0.2, 0.25) is 0 Å². The second-order valence-electron chi connectivity index (χ2n) is 4.59. The van der Waals surface area contributed by atoms with E-state index in [2.05, 4.69) is 26.2 Å². The monoisotopic (exact) mass is 297 g/mol. The Labute approximate surface area is 107 Å². The van der Waals surface area contributed by atoms with Crippen molar-refractivity contribution in [1.29, 1.82) is 0 Å². The standard InChI is InChI=1S/C11H12BrN3O2/c12-7-1-9(4-13-3-7)15-5-8-2-11(15,6-14-8)10(16)17/h1,3-4,8,14H,2,5-6H2,(H,16,17)/t8?,11-/m0/s1. The van der Waals surface area contributed by atoms with Gasteiger partial charge in [0.05, 0.1) is 11.9 Å². The number of aliphatic carboxylic acids is 1. The lowest BCUT2D eigenvalue weighted by molar-refractivity contribution is -0.142. The Morgan fingerprint density at radius 2 is 2.47 bits per heavy atom. The van der Waals surface area contributed by atoms with Crippen molar-refractivity contribution in [2.24, 2.45) is 0 Å². The number of nitrogens with zero attached hydrogens (tertiary/aromatic N) is 2. The molecule has 1 aromatic heterocycles. The predicted molar refractivity (Wildman–Crippen MR) is 66.1 cm³/mol. The Balaban J connectivity index is 2.01. The summed E-state index contributed by atoms with van der Waals surface area (Å²) in [5, 5.41) is 12.7. The second kappa shape index (κ2) is 3.68. The summed E-state index contributed by atoms with van der Waals surface area (Å²) in [5.41, 5.74) is 0.0680. The van der Waals surface area contributed by atoms with Gasteiger partial charge in [0.15, 0.2) is 5.54 Å². The number of piperazine rings is 1. The van der Waals surface area contributed by atoms with Gasteiger partial charge in [0.1, 0.15) is 0 Å². The number of carboxylic acid groups (broad SMARTS) is 1. The van der Waals surface area contributed by atoms with E-state index in [0.717, 1.165) is 16.7 Å². The summed E-state index contributed by atoms with van der Waals surface area (Å²) < 4.78 is 0.867. The fourth-order valence-electron chi connectivity index (χ4n) is 2.77. The second-order valence-corrected chi connectivity index (χ2v) is 5.51.